The molecular formula is C9H9Cl2NO2S2. The summed E-state index contributed by atoms with van der Waals surface area (Å²) in [5.41, 5.74) is 0. The smallest absolute Gasteiger partial charge is 0.210 e. The number of sulfonamides is 1. The van der Waals surface area contributed by atoms with Crippen molar-refractivity contribution in [1.82, 2.24) is 4.72 Å². The predicted octanol–water partition coefficient (Wildman–Crippen LogP) is 2.75. The molecule has 0 radical (unpaired) electrons. The van der Waals surface area contributed by atoms with Gasteiger partial charge in [-0.1, -0.05) is 23.2 Å². The summed E-state index contributed by atoms with van der Waals surface area (Å²) in [6.07, 6.45) is 0.464. The molecule has 16 heavy (non-hydrogen) atoms. The molecule has 1 aromatic rings. The van der Waals surface area contributed by atoms with Crippen molar-refractivity contribution in [2.24, 2.45) is 0 Å². The number of hydrogen-bond donors (Lipinski definition) is 1. The molecule has 0 aliphatic rings. The Balaban J connectivity index is 2.77. The Bertz CT molecular complexity index is 525. The van der Waals surface area contributed by atoms with Gasteiger partial charge in [-0.15, -0.1) is 23.2 Å². The highest BCUT2D eigenvalue weighted by Crippen LogP contribution is 2.33. The minimum atomic E-state index is -3.57. The Kier molecular flexibility index (Phi) is 5.09. The van der Waals surface area contributed by atoms with E-state index >= 15 is 0 Å². The topological polar surface area (TPSA) is 46.2 Å². The van der Waals surface area contributed by atoms with Crippen LogP contribution in [0.1, 0.15) is 13.3 Å². The SMILES string of the molecule is CC#CCCNS(=O)(=O)c1cc(Cl)sc1Cl. The van der Waals surface area contributed by atoms with E-state index in [1.165, 1.54) is 6.07 Å². The summed E-state index contributed by atoms with van der Waals surface area (Å²) in [4.78, 5) is 0.0219. The number of rotatable bonds is 4. The molecule has 7 heteroatoms. The summed E-state index contributed by atoms with van der Waals surface area (Å²) in [5.74, 6) is 5.44. The molecule has 1 rings (SSSR count). The molecule has 0 spiro atoms. The standard InChI is InChI=1S/C9H9Cl2NO2S2/c1-2-3-4-5-12-16(13,14)7-6-8(10)15-9(7)11/h6,12H,4-5H2,1H3. The van der Waals surface area contributed by atoms with Gasteiger partial charge in [-0.2, -0.15) is 0 Å². The van der Waals surface area contributed by atoms with Crippen LogP contribution >= 0.6 is 34.5 Å². The van der Waals surface area contributed by atoms with Crippen molar-refractivity contribution in [1.29, 1.82) is 0 Å². The molecule has 0 atom stereocenters. The third kappa shape index (κ3) is 3.65. The number of thiophene rings is 1. The fraction of sp³-hybridized carbons (Fsp3) is 0.333. The van der Waals surface area contributed by atoms with E-state index in [1.54, 1.807) is 6.92 Å². The zero-order chi connectivity index (χ0) is 12.2. The minimum absolute atomic E-state index is 0.0219. The zero-order valence-electron chi connectivity index (χ0n) is 8.38. The second kappa shape index (κ2) is 5.89. The molecule has 0 saturated carbocycles. The molecule has 0 saturated heterocycles. The van der Waals surface area contributed by atoms with E-state index in [0.717, 1.165) is 11.3 Å². The molecule has 0 amide bonds. The summed E-state index contributed by atoms with van der Waals surface area (Å²) in [6.45, 7) is 1.96. The molecule has 0 bridgehead atoms. The number of nitrogens with one attached hydrogen (secondary N) is 1. The summed E-state index contributed by atoms with van der Waals surface area (Å²) >= 11 is 12.5. The van der Waals surface area contributed by atoms with Crippen molar-refractivity contribution in [3.05, 3.63) is 14.7 Å². The van der Waals surface area contributed by atoms with Crippen LogP contribution in [0.25, 0.3) is 0 Å². The Morgan fingerprint density at radius 1 is 1.50 bits per heavy atom. The zero-order valence-corrected chi connectivity index (χ0v) is 11.5. The van der Waals surface area contributed by atoms with Crippen LogP contribution in [-0.4, -0.2) is 15.0 Å². The van der Waals surface area contributed by atoms with E-state index < -0.39 is 10.0 Å². The van der Waals surface area contributed by atoms with Crippen molar-refractivity contribution >= 4 is 44.6 Å². The monoisotopic (exact) mass is 297 g/mol. The average molecular weight is 298 g/mol. The van der Waals surface area contributed by atoms with Crippen LogP contribution in [0.4, 0.5) is 0 Å². The Labute approximate surface area is 109 Å². The Morgan fingerprint density at radius 2 is 2.19 bits per heavy atom. The highest BCUT2D eigenvalue weighted by molar-refractivity contribution is 7.89. The van der Waals surface area contributed by atoms with Gasteiger partial charge in [-0.25, -0.2) is 13.1 Å². The maximum Gasteiger partial charge on any atom is 0.242 e. The molecule has 0 aliphatic carbocycles. The first-order chi connectivity index (χ1) is 7.47. The Morgan fingerprint density at radius 3 is 2.69 bits per heavy atom. The van der Waals surface area contributed by atoms with Gasteiger partial charge in [-0.3, -0.25) is 0 Å². The summed E-state index contributed by atoms with van der Waals surface area (Å²) in [6, 6.07) is 1.34. The van der Waals surface area contributed by atoms with Crippen LogP contribution in [0.15, 0.2) is 11.0 Å². The van der Waals surface area contributed by atoms with Gasteiger partial charge >= 0.3 is 0 Å². The van der Waals surface area contributed by atoms with Gasteiger partial charge in [0.2, 0.25) is 10.0 Å². The Hall–Kier alpha value is -0.250. The highest BCUT2D eigenvalue weighted by Gasteiger charge is 2.19. The van der Waals surface area contributed by atoms with Crippen LogP contribution in [0.3, 0.4) is 0 Å². The van der Waals surface area contributed by atoms with E-state index in [2.05, 4.69) is 16.6 Å². The molecule has 88 valence electrons. The molecular weight excluding hydrogens is 289 g/mol. The first-order valence-corrected chi connectivity index (χ1v) is 7.37. The summed E-state index contributed by atoms with van der Waals surface area (Å²) in [7, 11) is -3.57. The van der Waals surface area contributed by atoms with Crippen molar-refractivity contribution in [2.45, 2.75) is 18.2 Å². The van der Waals surface area contributed by atoms with Crippen molar-refractivity contribution in [2.75, 3.05) is 6.54 Å². The van der Waals surface area contributed by atoms with Gasteiger partial charge < -0.3 is 0 Å². The maximum absolute atomic E-state index is 11.7. The lowest BCUT2D eigenvalue weighted by atomic mass is 10.4. The van der Waals surface area contributed by atoms with Gasteiger partial charge in [0.05, 0.1) is 4.34 Å². The third-order valence-corrected chi connectivity index (χ3v) is 4.85. The molecule has 0 unspecified atom stereocenters. The average Bonchev–Trinajstić information content (AvgIpc) is 2.53. The van der Waals surface area contributed by atoms with E-state index in [4.69, 9.17) is 23.2 Å². The molecule has 0 aliphatic heterocycles. The summed E-state index contributed by atoms with van der Waals surface area (Å²) < 4.78 is 26.4. The van der Waals surface area contributed by atoms with Gasteiger partial charge in [0.15, 0.2) is 0 Å². The molecule has 1 aromatic heterocycles. The van der Waals surface area contributed by atoms with Crippen LogP contribution in [0.5, 0.6) is 0 Å². The van der Waals surface area contributed by atoms with Crippen molar-refractivity contribution in [3.63, 3.8) is 0 Å². The quantitative estimate of drug-likeness (QED) is 0.686. The van der Waals surface area contributed by atoms with E-state index in [1.807, 2.05) is 0 Å². The fourth-order valence-corrected chi connectivity index (χ4v) is 4.14. The van der Waals surface area contributed by atoms with Gasteiger partial charge in [0.1, 0.15) is 9.23 Å². The second-order valence-electron chi connectivity index (χ2n) is 2.76. The van der Waals surface area contributed by atoms with Crippen LogP contribution in [0, 0.1) is 11.8 Å². The first-order valence-electron chi connectivity index (χ1n) is 4.31. The largest absolute Gasteiger partial charge is 0.242 e. The van der Waals surface area contributed by atoms with Gasteiger partial charge in [0, 0.05) is 13.0 Å². The van der Waals surface area contributed by atoms with E-state index in [9.17, 15) is 8.42 Å². The number of hydrogen-bond acceptors (Lipinski definition) is 3. The van der Waals surface area contributed by atoms with Crippen molar-refractivity contribution < 1.29 is 8.42 Å². The first kappa shape index (κ1) is 13.8. The lowest BCUT2D eigenvalue weighted by Gasteiger charge is -2.02. The second-order valence-corrected chi connectivity index (χ2v) is 6.78. The molecule has 3 nitrogen and oxygen atoms in total. The molecule has 0 aromatic carbocycles. The molecule has 0 fully saturated rings. The third-order valence-electron chi connectivity index (χ3n) is 1.63. The van der Waals surface area contributed by atoms with Crippen molar-refractivity contribution in [3.8, 4) is 11.8 Å². The minimum Gasteiger partial charge on any atom is -0.210 e. The van der Waals surface area contributed by atoms with Crippen LogP contribution < -0.4 is 4.72 Å². The lowest BCUT2D eigenvalue weighted by molar-refractivity contribution is 0.583. The maximum atomic E-state index is 11.7. The molecule has 1 heterocycles. The lowest BCUT2D eigenvalue weighted by Crippen LogP contribution is -2.24. The predicted molar refractivity (Wildman–Crippen MR) is 67.6 cm³/mol. The summed E-state index contributed by atoms with van der Waals surface area (Å²) in [5, 5.41) is 0. The van der Waals surface area contributed by atoms with Crippen LogP contribution in [-0.2, 0) is 10.0 Å². The van der Waals surface area contributed by atoms with Gasteiger partial charge in [0.25, 0.3) is 0 Å². The van der Waals surface area contributed by atoms with E-state index in [0.29, 0.717) is 10.8 Å². The van der Waals surface area contributed by atoms with Gasteiger partial charge in [-0.05, 0) is 13.0 Å². The van der Waals surface area contributed by atoms with Crippen LogP contribution in [0.2, 0.25) is 8.67 Å². The highest BCUT2D eigenvalue weighted by atomic mass is 35.5. The normalized spacial score (nSPS) is 10.9. The van der Waals surface area contributed by atoms with E-state index in [-0.39, 0.29) is 15.8 Å². The number of halogens is 2. The molecule has 1 N–H and O–H groups in total. The fourth-order valence-electron chi connectivity index (χ4n) is 0.959.